The number of nitrogens with zero attached hydrogens (tertiary/aromatic N) is 3. The molecule has 0 radical (unpaired) electrons. The molecular formula is C25H37N5O5S. The van der Waals surface area contributed by atoms with Gasteiger partial charge < -0.3 is 19.7 Å². The Bertz CT molecular complexity index is 1100. The molecule has 0 unspecified atom stereocenters. The Labute approximate surface area is 213 Å². The molecule has 1 amide bonds. The largest absolute Gasteiger partial charge is 0.464 e. The van der Waals surface area contributed by atoms with Crippen LogP contribution in [-0.4, -0.2) is 63.0 Å². The van der Waals surface area contributed by atoms with Crippen molar-refractivity contribution in [2.45, 2.75) is 58.4 Å². The molecule has 1 aliphatic heterocycles. The lowest BCUT2D eigenvalue weighted by atomic mass is 9.92. The number of ether oxygens (including phenoxy) is 2. The number of aromatic nitrogens is 2. The maximum absolute atomic E-state index is 12.3. The second-order valence-corrected chi connectivity index (χ2v) is 10.6. The van der Waals surface area contributed by atoms with Gasteiger partial charge in [0.2, 0.25) is 15.9 Å². The van der Waals surface area contributed by atoms with Crippen molar-refractivity contribution in [2.75, 3.05) is 42.8 Å². The molecule has 1 fully saturated rings. The first-order valence-electron chi connectivity index (χ1n) is 12.4. The summed E-state index contributed by atoms with van der Waals surface area (Å²) in [6.45, 7) is 8.79. The van der Waals surface area contributed by atoms with Crippen molar-refractivity contribution in [3.05, 3.63) is 36.2 Å². The molecule has 10 nitrogen and oxygen atoms in total. The summed E-state index contributed by atoms with van der Waals surface area (Å²) in [5.74, 6) is -0.656. The number of anilines is 3. The van der Waals surface area contributed by atoms with Gasteiger partial charge in [0.1, 0.15) is 0 Å². The van der Waals surface area contributed by atoms with Crippen LogP contribution < -0.4 is 19.7 Å². The van der Waals surface area contributed by atoms with Crippen molar-refractivity contribution >= 4 is 33.0 Å². The van der Waals surface area contributed by atoms with Gasteiger partial charge in [-0.2, -0.15) is 0 Å². The normalized spacial score (nSPS) is 15.2. The Morgan fingerprint density at radius 1 is 1.19 bits per heavy atom. The molecule has 2 heterocycles. The van der Waals surface area contributed by atoms with Gasteiger partial charge in [0, 0.05) is 32.2 Å². The van der Waals surface area contributed by atoms with E-state index in [0.29, 0.717) is 30.8 Å². The summed E-state index contributed by atoms with van der Waals surface area (Å²) in [6.07, 6.45) is 6.99. The van der Waals surface area contributed by atoms with E-state index in [9.17, 15) is 13.2 Å². The van der Waals surface area contributed by atoms with Crippen LogP contribution in [0.2, 0.25) is 0 Å². The van der Waals surface area contributed by atoms with Crippen molar-refractivity contribution in [2.24, 2.45) is 0 Å². The second-order valence-electron chi connectivity index (χ2n) is 8.83. The monoisotopic (exact) mass is 519 g/mol. The molecule has 0 spiro atoms. The van der Waals surface area contributed by atoms with Crippen LogP contribution in [0, 0.1) is 0 Å². The highest BCUT2D eigenvalue weighted by atomic mass is 32.2. The van der Waals surface area contributed by atoms with Crippen molar-refractivity contribution < 1.29 is 22.7 Å². The van der Waals surface area contributed by atoms with E-state index in [0.717, 1.165) is 55.8 Å². The minimum atomic E-state index is -3.60. The predicted octanol–water partition coefficient (Wildman–Crippen LogP) is 3.58. The fourth-order valence-corrected chi connectivity index (χ4v) is 4.99. The lowest BCUT2D eigenvalue weighted by Crippen LogP contribution is -2.39. The molecule has 0 saturated carbocycles. The summed E-state index contributed by atoms with van der Waals surface area (Å²) < 4.78 is 36.0. The zero-order valence-electron chi connectivity index (χ0n) is 21.5. The molecule has 2 N–H and O–H groups in total. The van der Waals surface area contributed by atoms with E-state index in [-0.39, 0.29) is 12.3 Å². The minimum absolute atomic E-state index is 0.0754. The standard InChI is InChI=1S/C25H37N5O5S/c1-5-18(15-24(31)29-36(4,32)33)19-8-9-23(30(6-2)21-10-12-34-13-11-21)22(14-19)28-20-16-26-25(27-17-20)35-7-3/h8-9,14,16-18,21,28H,5-7,10-13,15H2,1-4H3,(H,29,31)/t18-/m1/s1. The zero-order valence-corrected chi connectivity index (χ0v) is 22.3. The lowest BCUT2D eigenvalue weighted by Gasteiger charge is -2.37. The summed E-state index contributed by atoms with van der Waals surface area (Å²) in [5, 5.41) is 3.46. The van der Waals surface area contributed by atoms with Crippen LogP contribution in [0.5, 0.6) is 6.01 Å². The minimum Gasteiger partial charge on any atom is -0.464 e. The molecule has 1 aromatic carbocycles. The number of carbonyl (C=O) groups excluding carboxylic acids is 1. The van der Waals surface area contributed by atoms with Crippen LogP contribution in [-0.2, 0) is 19.6 Å². The molecule has 3 rings (SSSR count). The fraction of sp³-hybridized carbons (Fsp3) is 0.560. The molecule has 1 aliphatic rings. The van der Waals surface area contributed by atoms with E-state index >= 15 is 0 Å². The third kappa shape index (κ3) is 7.79. The predicted molar refractivity (Wildman–Crippen MR) is 140 cm³/mol. The molecule has 198 valence electrons. The van der Waals surface area contributed by atoms with E-state index < -0.39 is 15.9 Å². The number of hydrogen-bond donors (Lipinski definition) is 2. The van der Waals surface area contributed by atoms with Gasteiger partial charge in [-0.15, -0.1) is 0 Å². The maximum Gasteiger partial charge on any atom is 0.316 e. The van der Waals surface area contributed by atoms with E-state index in [2.05, 4.69) is 37.9 Å². The van der Waals surface area contributed by atoms with Gasteiger partial charge in [-0.25, -0.2) is 18.4 Å². The van der Waals surface area contributed by atoms with Crippen molar-refractivity contribution in [1.82, 2.24) is 14.7 Å². The van der Waals surface area contributed by atoms with Gasteiger partial charge in [-0.05, 0) is 56.7 Å². The number of benzene rings is 1. The number of nitrogens with one attached hydrogen (secondary N) is 2. The van der Waals surface area contributed by atoms with Crippen molar-refractivity contribution in [3.8, 4) is 6.01 Å². The first-order valence-corrected chi connectivity index (χ1v) is 14.3. The van der Waals surface area contributed by atoms with Crippen LogP contribution in [0.1, 0.15) is 57.9 Å². The number of hydrogen-bond acceptors (Lipinski definition) is 9. The van der Waals surface area contributed by atoms with Crippen LogP contribution in [0.4, 0.5) is 17.1 Å². The molecule has 36 heavy (non-hydrogen) atoms. The first-order chi connectivity index (χ1) is 17.2. The van der Waals surface area contributed by atoms with Gasteiger partial charge >= 0.3 is 6.01 Å². The average molecular weight is 520 g/mol. The summed E-state index contributed by atoms with van der Waals surface area (Å²) >= 11 is 0. The van der Waals surface area contributed by atoms with Gasteiger partial charge in [0.05, 0.1) is 42.3 Å². The Morgan fingerprint density at radius 3 is 2.47 bits per heavy atom. The highest BCUT2D eigenvalue weighted by Gasteiger charge is 2.24. The molecule has 1 atom stereocenters. The Balaban J connectivity index is 1.94. The smallest absolute Gasteiger partial charge is 0.316 e. The lowest BCUT2D eigenvalue weighted by molar-refractivity contribution is -0.119. The van der Waals surface area contributed by atoms with E-state index in [1.165, 1.54) is 0 Å². The van der Waals surface area contributed by atoms with Crippen LogP contribution in [0.15, 0.2) is 30.6 Å². The van der Waals surface area contributed by atoms with Crippen LogP contribution in [0.3, 0.4) is 0 Å². The van der Waals surface area contributed by atoms with Crippen molar-refractivity contribution in [3.63, 3.8) is 0 Å². The van der Waals surface area contributed by atoms with E-state index in [1.807, 2.05) is 26.0 Å². The Hall–Kier alpha value is -2.92. The Morgan fingerprint density at radius 2 is 1.89 bits per heavy atom. The highest BCUT2D eigenvalue weighted by Crippen LogP contribution is 2.36. The number of rotatable bonds is 12. The SMILES string of the molecule is CCOc1ncc(Nc2cc([C@H](CC)CC(=O)NS(C)(=O)=O)ccc2N(CC)C2CCOCC2)cn1. The molecule has 0 aliphatic carbocycles. The van der Waals surface area contributed by atoms with Gasteiger partial charge in [-0.3, -0.25) is 9.52 Å². The average Bonchev–Trinajstić information content (AvgIpc) is 2.85. The molecule has 2 aromatic rings. The summed E-state index contributed by atoms with van der Waals surface area (Å²) in [4.78, 5) is 23.2. The van der Waals surface area contributed by atoms with Gasteiger partial charge in [-0.1, -0.05) is 13.0 Å². The van der Waals surface area contributed by atoms with Gasteiger partial charge in [0.15, 0.2) is 0 Å². The van der Waals surface area contributed by atoms with E-state index in [4.69, 9.17) is 9.47 Å². The maximum atomic E-state index is 12.3. The molecule has 0 bridgehead atoms. The van der Waals surface area contributed by atoms with Crippen LogP contribution in [0.25, 0.3) is 0 Å². The third-order valence-electron chi connectivity index (χ3n) is 6.18. The van der Waals surface area contributed by atoms with Crippen LogP contribution >= 0.6 is 0 Å². The van der Waals surface area contributed by atoms with Gasteiger partial charge in [0.25, 0.3) is 0 Å². The topological polar surface area (TPSA) is 123 Å². The molecule has 11 heteroatoms. The first kappa shape index (κ1) is 27.7. The Kier molecular flexibility index (Phi) is 9.89. The number of sulfonamides is 1. The fourth-order valence-electron chi connectivity index (χ4n) is 4.49. The zero-order chi connectivity index (χ0) is 26.1. The highest BCUT2D eigenvalue weighted by molar-refractivity contribution is 7.89. The third-order valence-corrected chi connectivity index (χ3v) is 6.78. The summed E-state index contributed by atoms with van der Waals surface area (Å²) in [6, 6.07) is 6.81. The molecule has 1 saturated heterocycles. The van der Waals surface area contributed by atoms with E-state index in [1.54, 1.807) is 12.4 Å². The second kappa shape index (κ2) is 12.9. The quantitative estimate of drug-likeness (QED) is 0.433. The summed E-state index contributed by atoms with van der Waals surface area (Å²) in [7, 11) is -3.60. The number of amides is 1. The molecule has 1 aromatic heterocycles. The van der Waals surface area contributed by atoms with Crippen molar-refractivity contribution in [1.29, 1.82) is 0 Å². The molecular weight excluding hydrogens is 482 g/mol. The summed E-state index contributed by atoms with van der Waals surface area (Å²) in [5.41, 5.74) is 3.57. The number of carbonyl (C=O) groups is 1.